The van der Waals surface area contributed by atoms with Crippen molar-refractivity contribution in [3.8, 4) is 0 Å². The number of carbonyl (C=O) groups is 2. The van der Waals surface area contributed by atoms with E-state index >= 15 is 0 Å². The van der Waals surface area contributed by atoms with Gasteiger partial charge in [0.25, 0.3) is 5.91 Å². The number of aromatic nitrogens is 1. The molecule has 0 saturated carbocycles. The van der Waals surface area contributed by atoms with Gasteiger partial charge in [-0.25, -0.2) is 4.98 Å². The second-order valence-electron chi connectivity index (χ2n) is 4.83. The Kier molecular flexibility index (Phi) is 4.68. The fraction of sp³-hybridized carbons (Fsp3) is 0.500. The maximum Gasteiger partial charge on any atom is 0.323 e. The number of aryl methyl sites for hydroxylation is 1. The van der Waals surface area contributed by atoms with E-state index in [1.54, 1.807) is 25.1 Å². The van der Waals surface area contributed by atoms with Gasteiger partial charge in [-0.15, -0.1) is 0 Å². The van der Waals surface area contributed by atoms with Crippen molar-refractivity contribution in [3.05, 3.63) is 29.6 Å². The Labute approximate surface area is 117 Å². The first-order chi connectivity index (χ1) is 9.58. The molecule has 1 saturated heterocycles. The van der Waals surface area contributed by atoms with Crippen LogP contribution in [0.25, 0.3) is 0 Å². The highest BCUT2D eigenvalue weighted by Gasteiger charge is 2.28. The Bertz CT molecular complexity index is 498. The number of carboxylic acids is 1. The van der Waals surface area contributed by atoms with Crippen molar-refractivity contribution in [2.24, 2.45) is 0 Å². The maximum atomic E-state index is 12.5. The van der Waals surface area contributed by atoms with Crippen LogP contribution in [0.5, 0.6) is 0 Å². The van der Waals surface area contributed by atoms with Crippen LogP contribution in [0.15, 0.2) is 18.2 Å². The SMILES string of the molecule is Cc1cccc(C(=O)N(CC(=O)O)C2CCOCC2)n1. The summed E-state index contributed by atoms with van der Waals surface area (Å²) in [6, 6.07) is 5.06. The summed E-state index contributed by atoms with van der Waals surface area (Å²) in [7, 11) is 0. The second-order valence-corrected chi connectivity index (χ2v) is 4.83. The van der Waals surface area contributed by atoms with Gasteiger partial charge in [-0.05, 0) is 31.9 Å². The summed E-state index contributed by atoms with van der Waals surface area (Å²) in [4.78, 5) is 29.1. The molecular formula is C14H18N2O4. The van der Waals surface area contributed by atoms with Gasteiger partial charge in [0.05, 0.1) is 0 Å². The lowest BCUT2D eigenvalue weighted by Gasteiger charge is -2.33. The summed E-state index contributed by atoms with van der Waals surface area (Å²) in [5.74, 6) is -1.35. The average Bonchev–Trinajstić information content (AvgIpc) is 2.45. The first-order valence-electron chi connectivity index (χ1n) is 6.62. The first-order valence-corrected chi connectivity index (χ1v) is 6.62. The minimum Gasteiger partial charge on any atom is -0.480 e. The predicted molar refractivity (Wildman–Crippen MR) is 71.5 cm³/mol. The summed E-state index contributed by atoms with van der Waals surface area (Å²) >= 11 is 0. The van der Waals surface area contributed by atoms with Crippen LogP contribution in [0.4, 0.5) is 0 Å². The largest absolute Gasteiger partial charge is 0.480 e. The molecule has 1 N–H and O–H groups in total. The number of pyridine rings is 1. The topological polar surface area (TPSA) is 79.7 Å². The molecule has 1 aliphatic heterocycles. The van der Waals surface area contributed by atoms with Crippen LogP contribution >= 0.6 is 0 Å². The molecule has 2 heterocycles. The average molecular weight is 278 g/mol. The third kappa shape index (κ3) is 3.54. The highest BCUT2D eigenvalue weighted by atomic mass is 16.5. The van der Waals surface area contributed by atoms with E-state index in [2.05, 4.69) is 4.98 Å². The van der Waals surface area contributed by atoms with E-state index in [1.165, 1.54) is 4.90 Å². The number of carboxylic acid groups (broad SMARTS) is 1. The van der Waals surface area contributed by atoms with Crippen LogP contribution in [0, 0.1) is 6.92 Å². The van der Waals surface area contributed by atoms with Crippen molar-refractivity contribution in [1.29, 1.82) is 0 Å². The van der Waals surface area contributed by atoms with Crippen LogP contribution in [0.1, 0.15) is 29.0 Å². The Morgan fingerprint density at radius 1 is 1.40 bits per heavy atom. The predicted octanol–water partition coefficient (Wildman–Crippen LogP) is 1.10. The molecule has 6 nitrogen and oxygen atoms in total. The molecule has 0 spiro atoms. The second kappa shape index (κ2) is 6.47. The van der Waals surface area contributed by atoms with E-state index in [4.69, 9.17) is 9.84 Å². The van der Waals surface area contributed by atoms with Crippen molar-refractivity contribution >= 4 is 11.9 Å². The lowest BCUT2D eigenvalue weighted by molar-refractivity contribution is -0.138. The summed E-state index contributed by atoms with van der Waals surface area (Å²) in [6.45, 7) is 2.59. The fourth-order valence-corrected chi connectivity index (χ4v) is 2.32. The number of amides is 1. The molecule has 0 atom stereocenters. The smallest absolute Gasteiger partial charge is 0.323 e. The third-order valence-electron chi connectivity index (χ3n) is 3.31. The number of carbonyl (C=O) groups excluding carboxylic acids is 1. The summed E-state index contributed by atoms with van der Waals surface area (Å²) in [5.41, 5.74) is 1.02. The fourth-order valence-electron chi connectivity index (χ4n) is 2.32. The van der Waals surface area contributed by atoms with E-state index in [9.17, 15) is 9.59 Å². The van der Waals surface area contributed by atoms with Gasteiger partial charge in [-0.1, -0.05) is 6.07 Å². The van der Waals surface area contributed by atoms with Gasteiger partial charge in [0, 0.05) is 24.9 Å². The molecule has 1 aromatic heterocycles. The van der Waals surface area contributed by atoms with Crippen LogP contribution < -0.4 is 0 Å². The minimum atomic E-state index is -1.02. The minimum absolute atomic E-state index is 0.102. The number of ether oxygens (including phenoxy) is 1. The van der Waals surface area contributed by atoms with Crippen molar-refractivity contribution in [2.75, 3.05) is 19.8 Å². The number of hydrogen-bond donors (Lipinski definition) is 1. The Balaban J connectivity index is 2.20. The van der Waals surface area contributed by atoms with Crippen LogP contribution in [0.3, 0.4) is 0 Å². The molecule has 0 bridgehead atoms. The van der Waals surface area contributed by atoms with Crippen LogP contribution in [-0.4, -0.2) is 52.7 Å². The normalized spacial score (nSPS) is 15.8. The Morgan fingerprint density at radius 2 is 2.10 bits per heavy atom. The Morgan fingerprint density at radius 3 is 2.70 bits per heavy atom. The molecule has 0 aliphatic carbocycles. The highest BCUT2D eigenvalue weighted by molar-refractivity contribution is 5.94. The molecule has 2 rings (SSSR count). The van der Waals surface area contributed by atoms with E-state index in [0.717, 1.165) is 5.69 Å². The van der Waals surface area contributed by atoms with Gasteiger partial charge >= 0.3 is 5.97 Å². The van der Waals surface area contributed by atoms with E-state index in [-0.39, 0.29) is 24.2 Å². The number of rotatable bonds is 4. The molecule has 0 aromatic carbocycles. The van der Waals surface area contributed by atoms with Gasteiger partial charge < -0.3 is 14.7 Å². The monoisotopic (exact) mass is 278 g/mol. The van der Waals surface area contributed by atoms with Crippen molar-refractivity contribution in [2.45, 2.75) is 25.8 Å². The van der Waals surface area contributed by atoms with Gasteiger partial charge in [0.15, 0.2) is 0 Å². The number of aliphatic carboxylic acids is 1. The zero-order valence-electron chi connectivity index (χ0n) is 11.4. The quantitative estimate of drug-likeness (QED) is 0.892. The van der Waals surface area contributed by atoms with Gasteiger partial charge in [-0.3, -0.25) is 9.59 Å². The maximum absolute atomic E-state index is 12.5. The molecule has 0 radical (unpaired) electrons. The zero-order valence-corrected chi connectivity index (χ0v) is 11.4. The van der Waals surface area contributed by atoms with Crippen molar-refractivity contribution in [3.63, 3.8) is 0 Å². The van der Waals surface area contributed by atoms with Crippen LogP contribution in [-0.2, 0) is 9.53 Å². The molecular weight excluding hydrogens is 260 g/mol. The molecule has 20 heavy (non-hydrogen) atoms. The van der Waals surface area contributed by atoms with Gasteiger partial charge in [-0.2, -0.15) is 0 Å². The van der Waals surface area contributed by atoms with Crippen molar-refractivity contribution < 1.29 is 19.4 Å². The van der Waals surface area contributed by atoms with E-state index in [0.29, 0.717) is 26.1 Å². The van der Waals surface area contributed by atoms with E-state index < -0.39 is 5.97 Å². The number of nitrogens with zero attached hydrogens (tertiary/aromatic N) is 2. The lowest BCUT2D eigenvalue weighted by Crippen LogP contribution is -2.46. The highest BCUT2D eigenvalue weighted by Crippen LogP contribution is 2.17. The standard InChI is InChI=1S/C14H18N2O4/c1-10-3-2-4-12(15-10)14(19)16(9-13(17)18)11-5-7-20-8-6-11/h2-4,11H,5-9H2,1H3,(H,17,18). The molecule has 1 amide bonds. The molecule has 6 heteroatoms. The third-order valence-corrected chi connectivity index (χ3v) is 3.31. The van der Waals surface area contributed by atoms with Crippen LogP contribution in [0.2, 0.25) is 0 Å². The summed E-state index contributed by atoms with van der Waals surface area (Å²) in [5, 5.41) is 9.02. The molecule has 108 valence electrons. The van der Waals surface area contributed by atoms with Gasteiger partial charge in [0.2, 0.25) is 0 Å². The molecule has 1 aliphatic rings. The summed E-state index contributed by atoms with van der Waals surface area (Å²) in [6.07, 6.45) is 1.32. The number of hydrogen-bond acceptors (Lipinski definition) is 4. The first kappa shape index (κ1) is 14.5. The Hall–Kier alpha value is -1.95. The van der Waals surface area contributed by atoms with Crippen molar-refractivity contribution in [1.82, 2.24) is 9.88 Å². The van der Waals surface area contributed by atoms with E-state index in [1.807, 2.05) is 0 Å². The summed E-state index contributed by atoms with van der Waals surface area (Å²) < 4.78 is 5.26. The molecule has 1 aromatic rings. The molecule has 1 fully saturated rings. The molecule has 0 unspecified atom stereocenters. The zero-order chi connectivity index (χ0) is 14.5. The lowest BCUT2D eigenvalue weighted by atomic mass is 10.1. The van der Waals surface area contributed by atoms with Gasteiger partial charge in [0.1, 0.15) is 12.2 Å².